The van der Waals surface area contributed by atoms with Crippen LogP contribution in [0, 0.1) is 5.92 Å². The van der Waals surface area contributed by atoms with E-state index in [1.165, 1.54) is 0 Å². The van der Waals surface area contributed by atoms with E-state index < -0.39 is 0 Å². The van der Waals surface area contributed by atoms with Crippen LogP contribution in [-0.4, -0.2) is 44.0 Å². The zero-order valence-corrected chi connectivity index (χ0v) is 12.6. The first-order valence-electron chi connectivity index (χ1n) is 7.29. The van der Waals surface area contributed by atoms with E-state index in [4.69, 9.17) is 4.42 Å². The number of amides is 1. The Kier molecular flexibility index (Phi) is 5.20. The van der Waals surface area contributed by atoms with Gasteiger partial charge in [-0.1, -0.05) is 0 Å². The summed E-state index contributed by atoms with van der Waals surface area (Å²) < 4.78 is 5.45. The second-order valence-electron chi connectivity index (χ2n) is 5.82. The Hall–Kier alpha value is -1.33. The zero-order chi connectivity index (χ0) is 14.5. The molecule has 1 unspecified atom stereocenters. The molecule has 0 aliphatic carbocycles. The van der Waals surface area contributed by atoms with Crippen molar-refractivity contribution in [2.24, 2.45) is 5.92 Å². The molecule has 5 heteroatoms. The maximum absolute atomic E-state index is 12.3. The summed E-state index contributed by atoms with van der Waals surface area (Å²) in [5, 5.41) is 6.44. The third kappa shape index (κ3) is 3.84. The molecule has 1 aromatic heterocycles. The monoisotopic (exact) mass is 279 g/mol. The number of furan rings is 1. The molecule has 20 heavy (non-hydrogen) atoms. The van der Waals surface area contributed by atoms with Crippen molar-refractivity contribution in [2.45, 2.75) is 31.8 Å². The van der Waals surface area contributed by atoms with Gasteiger partial charge >= 0.3 is 0 Å². The molecule has 1 aliphatic heterocycles. The minimum atomic E-state index is 0.0769. The Morgan fingerprint density at radius 1 is 1.60 bits per heavy atom. The molecule has 2 heterocycles. The lowest BCUT2D eigenvalue weighted by atomic mass is 9.92. The number of rotatable bonds is 5. The predicted molar refractivity (Wildman–Crippen MR) is 78.3 cm³/mol. The van der Waals surface area contributed by atoms with E-state index in [2.05, 4.69) is 22.5 Å². The van der Waals surface area contributed by atoms with Gasteiger partial charge in [-0.05, 0) is 52.5 Å². The highest BCUT2D eigenvalue weighted by atomic mass is 16.3. The Morgan fingerprint density at radius 2 is 2.40 bits per heavy atom. The van der Waals surface area contributed by atoms with Crippen molar-refractivity contribution in [3.8, 4) is 0 Å². The Morgan fingerprint density at radius 3 is 3.00 bits per heavy atom. The molecule has 1 amide bonds. The van der Waals surface area contributed by atoms with Crippen molar-refractivity contribution in [3.05, 3.63) is 24.2 Å². The quantitative estimate of drug-likeness (QED) is 0.855. The molecule has 0 radical (unpaired) electrons. The van der Waals surface area contributed by atoms with Crippen LogP contribution < -0.4 is 10.6 Å². The molecule has 0 spiro atoms. The molecule has 1 aromatic rings. The highest BCUT2D eigenvalue weighted by Crippen LogP contribution is 2.19. The number of hydrogen-bond acceptors (Lipinski definition) is 4. The lowest BCUT2D eigenvalue weighted by Gasteiger charge is -2.28. The van der Waals surface area contributed by atoms with Gasteiger partial charge in [0.2, 0.25) is 5.91 Å². The Bertz CT molecular complexity index is 417. The molecular weight excluding hydrogens is 254 g/mol. The third-order valence-corrected chi connectivity index (χ3v) is 3.96. The van der Waals surface area contributed by atoms with E-state index >= 15 is 0 Å². The van der Waals surface area contributed by atoms with Crippen LogP contribution in [0.5, 0.6) is 0 Å². The van der Waals surface area contributed by atoms with Crippen LogP contribution in [0.15, 0.2) is 22.8 Å². The fourth-order valence-electron chi connectivity index (χ4n) is 2.73. The van der Waals surface area contributed by atoms with Crippen LogP contribution in [0.3, 0.4) is 0 Å². The van der Waals surface area contributed by atoms with E-state index in [0.717, 1.165) is 25.1 Å². The molecule has 112 valence electrons. The van der Waals surface area contributed by atoms with Gasteiger partial charge in [-0.25, -0.2) is 0 Å². The topological polar surface area (TPSA) is 57.5 Å². The first-order valence-corrected chi connectivity index (χ1v) is 7.29. The maximum Gasteiger partial charge on any atom is 0.223 e. The Balaban J connectivity index is 1.87. The third-order valence-electron chi connectivity index (χ3n) is 3.96. The highest BCUT2D eigenvalue weighted by Gasteiger charge is 2.26. The molecule has 2 N–H and O–H groups in total. The van der Waals surface area contributed by atoms with Crippen LogP contribution in [0.1, 0.15) is 31.6 Å². The maximum atomic E-state index is 12.3. The number of nitrogens with zero attached hydrogens (tertiary/aromatic N) is 1. The van der Waals surface area contributed by atoms with Crippen molar-refractivity contribution >= 4 is 5.91 Å². The summed E-state index contributed by atoms with van der Waals surface area (Å²) in [5.74, 6) is 1.18. The van der Waals surface area contributed by atoms with Crippen LogP contribution >= 0.6 is 0 Å². The van der Waals surface area contributed by atoms with Crippen molar-refractivity contribution in [1.29, 1.82) is 0 Å². The van der Waals surface area contributed by atoms with E-state index in [-0.39, 0.29) is 17.9 Å². The molecule has 3 atom stereocenters. The minimum Gasteiger partial charge on any atom is -0.468 e. The molecule has 0 bridgehead atoms. The second kappa shape index (κ2) is 6.90. The number of likely N-dealkylation sites (N-methyl/N-ethyl adjacent to an activating group) is 1. The van der Waals surface area contributed by atoms with Crippen molar-refractivity contribution in [2.75, 3.05) is 27.2 Å². The van der Waals surface area contributed by atoms with Gasteiger partial charge in [-0.15, -0.1) is 0 Å². The number of carbonyl (C=O) groups excluding carboxylic acids is 1. The van der Waals surface area contributed by atoms with Gasteiger partial charge in [0, 0.05) is 18.5 Å². The molecule has 1 fully saturated rings. The van der Waals surface area contributed by atoms with Crippen molar-refractivity contribution in [1.82, 2.24) is 15.5 Å². The van der Waals surface area contributed by atoms with Gasteiger partial charge in [0.1, 0.15) is 5.76 Å². The van der Waals surface area contributed by atoms with Crippen LogP contribution in [0.4, 0.5) is 0 Å². The summed E-state index contributed by atoms with van der Waals surface area (Å²) in [6, 6.07) is 4.33. The minimum absolute atomic E-state index is 0.0769. The number of nitrogens with one attached hydrogen (secondary N) is 2. The fourth-order valence-corrected chi connectivity index (χ4v) is 2.73. The predicted octanol–water partition coefficient (Wildman–Crippen LogP) is 1.39. The molecule has 1 aliphatic rings. The van der Waals surface area contributed by atoms with Gasteiger partial charge in [0.05, 0.1) is 12.3 Å². The average Bonchev–Trinajstić information content (AvgIpc) is 2.92. The molecular formula is C15H25N3O2. The molecule has 2 rings (SSSR count). The average molecular weight is 279 g/mol. The van der Waals surface area contributed by atoms with E-state index in [9.17, 15) is 4.79 Å². The van der Waals surface area contributed by atoms with Gasteiger partial charge < -0.3 is 15.1 Å². The molecule has 1 saturated heterocycles. The highest BCUT2D eigenvalue weighted by molar-refractivity contribution is 5.78. The summed E-state index contributed by atoms with van der Waals surface area (Å²) >= 11 is 0. The normalized spacial score (nSPS) is 24.6. The van der Waals surface area contributed by atoms with E-state index in [1.807, 2.05) is 26.2 Å². The number of carbonyl (C=O) groups is 1. The molecule has 0 aromatic carbocycles. The summed E-state index contributed by atoms with van der Waals surface area (Å²) in [6.45, 7) is 3.64. The van der Waals surface area contributed by atoms with E-state index in [0.29, 0.717) is 12.6 Å². The molecule has 0 saturated carbocycles. The summed E-state index contributed by atoms with van der Waals surface area (Å²) in [6.07, 6.45) is 3.50. The first kappa shape index (κ1) is 15.1. The molecule has 5 nitrogen and oxygen atoms in total. The van der Waals surface area contributed by atoms with Gasteiger partial charge in [-0.3, -0.25) is 9.69 Å². The van der Waals surface area contributed by atoms with Crippen LogP contribution in [0.25, 0.3) is 0 Å². The standard InChI is InChI=1S/C15H25N3O2/c1-11-9-12(6-7-16-11)15(19)17-10-13(18(2)3)14-5-4-8-20-14/h4-5,8,11-13,16H,6-7,9-10H2,1-3H3,(H,17,19)/t11-,12-,13?/m0/s1. The van der Waals surface area contributed by atoms with Crippen molar-refractivity contribution in [3.63, 3.8) is 0 Å². The zero-order valence-electron chi connectivity index (χ0n) is 12.6. The largest absolute Gasteiger partial charge is 0.468 e. The van der Waals surface area contributed by atoms with Crippen LogP contribution in [-0.2, 0) is 4.79 Å². The fraction of sp³-hybridized carbons (Fsp3) is 0.667. The summed E-state index contributed by atoms with van der Waals surface area (Å²) in [4.78, 5) is 14.3. The number of piperidine rings is 1. The van der Waals surface area contributed by atoms with Crippen LogP contribution in [0.2, 0.25) is 0 Å². The lowest BCUT2D eigenvalue weighted by molar-refractivity contribution is -0.126. The first-order chi connectivity index (χ1) is 9.58. The smallest absolute Gasteiger partial charge is 0.223 e. The second-order valence-corrected chi connectivity index (χ2v) is 5.82. The van der Waals surface area contributed by atoms with E-state index in [1.54, 1.807) is 6.26 Å². The van der Waals surface area contributed by atoms with Crippen molar-refractivity contribution < 1.29 is 9.21 Å². The van der Waals surface area contributed by atoms with Gasteiger partial charge in [-0.2, -0.15) is 0 Å². The van der Waals surface area contributed by atoms with Gasteiger partial charge in [0.25, 0.3) is 0 Å². The summed E-state index contributed by atoms with van der Waals surface area (Å²) in [5.41, 5.74) is 0. The Labute approximate surface area is 120 Å². The SMILES string of the molecule is C[C@H]1C[C@@H](C(=O)NCC(c2ccco2)N(C)C)CCN1. The lowest BCUT2D eigenvalue weighted by Crippen LogP contribution is -2.44. The summed E-state index contributed by atoms with van der Waals surface area (Å²) in [7, 11) is 3.98. The number of hydrogen-bond donors (Lipinski definition) is 2. The van der Waals surface area contributed by atoms with Gasteiger partial charge in [0.15, 0.2) is 0 Å².